The van der Waals surface area contributed by atoms with E-state index < -0.39 is 12.1 Å². The minimum absolute atomic E-state index is 0. The molecule has 1 rings (SSSR count). The van der Waals surface area contributed by atoms with Crippen LogP contribution in [0.3, 0.4) is 0 Å². The van der Waals surface area contributed by atoms with Crippen molar-refractivity contribution in [2.45, 2.75) is 25.6 Å². The Morgan fingerprint density at radius 1 is 1.78 bits per heavy atom. The number of rotatable bonds is 1. The van der Waals surface area contributed by atoms with Crippen molar-refractivity contribution >= 4 is 5.97 Å². The standard InChI is InChI=1S/C5H8O3.Li/c1-3-2-4(8-3)5(6)7;/h3-4H,2H2,1H3,(H,6,7);/q;+1/p-1/t3-,4?;/m0./s1. The first kappa shape index (κ1) is 9.03. The first-order valence-electron chi connectivity index (χ1n) is 2.56. The van der Waals surface area contributed by atoms with E-state index in [4.69, 9.17) is 4.74 Å². The molecule has 3 nitrogen and oxygen atoms in total. The maximum Gasteiger partial charge on any atom is 1.00 e. The van der Waals surface area contributed by atoms with Gasteiger partial charge in [0.15, 0.2) is 0 Å². The molecule has 1 fully saturated rings. The zero-order valence-corrected chi connectivity index (χ0v) is 5.59. The summed E-state index contributed by atoms with van der Waals surface area (Å²) < 4.78 is 4.74. The van der Waals surface area contributed by atoms with Gasteiger partial charge in [-0.1, -0.05) is 0 Å². The number of hydrogen-bond donors (Lipinski definition) is 0. The van der Waals surface area contributed by atoms with Crippen molar-refractivity contribution in [3.63, 3.8) is 0 Å². The van der Waals surface area contributed by atoms with Crippen LogP contribution in [-0.2, 0) is 9.53 Å². The van der Waals surface area contributed by atoms with E-state index in [2.05, 4.69) is 0 Å². The molecule has 0 aromatic heterocycles. The Morgan fingerprint density at radius 3 is 2.33 bits per heavy atom. The molecule has 1 aliphatic heterocycles. The number of carboxylic acid groups (broad SMARTS) is 1. The summed E-state index contributed by atoms with van der Waals surface area (Å²) in [5, 5.41) is 9.89. The number of carboxylic acids is 1. The van der Waals surface area contributed by atoms with Gasteiger partial charge in [0, 0.05) is 6.42 Å². The van der Waals surface area contributed by atoms with E-state index in [0.29, 0.717) is 6.42 Å². The second kappa shape index (κ2) is 3.26. The number of ether oxygens (including phenoxy) is 1. The van der Waals surface area contributed by atoms with Gasteiger partial charge in [-0.2, -0.15) is 0 Å². The van der Waals surface area contributed by atoms with Crippen LogP contribution in [0.15, 0.2) is 0 Å². The average Bonchev–Trinajstić information content (AvgIpc) is 1.57. The summed E-state index contributed by atoms with van der Waals surface area (Å²) >= 11 is 0. The molecular weight excluding hydrogens is 115 g/mol. The fourth-order valence-corrected chi connectivity index (χ4v) is 0.723. The van der Waals surface area contributed by atoms with Crippen LogP contribution in [0.5, 0.6) is 0 Å². The van der Waals surface area contributed by atoms with Crippen molar-refractivity contribution in [3.05, 3.63) is 0 Å². The zero-order chi connectivity index (χ0) is 6.15. The molecule has 1 saturated heterocycles. The molecule has 0 amide bonds. The SMILES string of the molecule is C[C@H]1CC(C(=O)[O-])O1.[Li+]. The van der Waals surface area contributed by atoms with E-state index in [1.165, 1.54) is 0 Å². The van der Waals surface area contributed by atoms with Crippen LogP contribution >= 0.6 is 0 Å². The Labute approximate surface area is 65.6 Å². The van der Waals surface area contributed by atoms with Crippen LogP contribution in [0.25, 0.3) is 0 Å². The van der Waals surface area contributed by atoms with Crippen LogP contribution in [0, 0.1) is 0 Å². The summed E-state index contributed by atoms with van der Waals surface area (Å²) in [7, 11) is 0. The predicted octanol–water partition coefficient (Wildman–Crippen LogP) is -4.08. The number of aliphatic carboxylic acids is 1. The molecule has 0 radical (unpaired) electrons. The second-order valence-electron chi connectivity index (χ2n) is 1.99. The van der Waals surface area contributed by atoms with E-state index in [9.17, 15) is 9.90 Å². The summed E-state index contributed by atoms with van der Waals surface area (Å²) in [4.78, 5) is 9.89. The smallest absolute Gasteiger partial charge is 0.547 e. The average molecular weight is 122 g/mol. The van der Waals surface area contributed by atoms with Crippen LogP contribution < -0.4 is 24.0 Å². The molecule has 0 N–H and O–H groups in total. The first-order valence-corrected chi connectivity index (χ1v) is 2.56. The van der Waals surface area contributed by atoms with Gasteiger partial charge >= 0.3 is 18.9 Å². The van der Waals surface area contributed by atoms with Gasteiger partial charge in [0.1, 0.15) is 0 Å². The molecule has 0 aromatic rings. The van der Waals surface area contributed by atoms with Crippen LogP contribution in [0.4, 0.5) is 0 Å². The third kappa shape index (κ3) is 2.02. The summed E-state index contributed by atoms with van der Waals surface area (Å²) in [6.45, 7) is 1.83. The molecule has 46 valence electrons. The minimum atomic E-state index is -1.09. The molecule has 1 unspecified atom stereocenters. The van der Waals surface area contributed by atoms with Crippen molar-refractivity contribution in [2.75, 3.05) is 0 Å². The first-order chi connectivity index (χ1) is 3.70. The van der Waals surface area contributed by atoms with Crippen molar-refractivity contribution in [1.29, 1.82) is 0 Å². The summed E-state index contributed by atoms with van der Waals surface area (Å²) in [6, 6.07) is 0. The maximum absolute atomic E-state index is 9.89. The number of carbonyl (C=O) groups is 1. The molecule has 4 heteroatoms. The third-order valence-corrected chi connectivity index (χ3v) is 1.21. The Balaban J connectivity index is 0.000000640. The molecule has 1 aliphatic rings. The van der Waals surface area contributed by atoms with E-state index >= 15 is 0 Å². The number of hydrogen-bond acceptors (Lipinski definition) is 3. The monoisotopic (exact) mass is 122 g/mol. The molecule has 9 heavy (non-hydrogen) atoms. The molecular formula is C5H7LiO3. The summed E-state index contributed by atoms with van der Waals surface area (Å²) in [5.41, 5.74) is 0. The predicted molar refractivity (Wildman–Crippen MR) is 24.0 cm³/mol. The van der Waals surface area contributed by atoms with Gasteiger partial charge in [-0.3, -0.25) is 0 Å². The Morgan fingerprint density at radius 2 is 2.22 bits per heavy atom. The quantitative estimate of drug-likeness (QED) is 0.332. The van der Waals surface area contributed by atoms with Gasteiger partial charge < -0.3 is 14.6 Å². The molecule has 0 aliphatic carbocycles. The van der Waals surface area contributed by atoms with Gasteiger partial charge in [0.05, 0.1) is 18.2 Å². The maximum atomic E-state index is 9.89. The molecule has 0 bridgehead atoms. The fourth-order valence-electron chi connectivity index (χ4n) is 0.723. The van der Waals surface area contributed by atoms with Gasteiger partial charge in [-0.05, 0) is 6.92 Å². The van der Waals surface area contributed by atoms with E-state index in [1.54, 1.807) is 0 Å². The van der Waals surface area contributed by atoms with E-state index in [1.807, 2.05) is 6.92 Å². The molecule has 0 spiro atoms. The van der Waals surface area contributed by atoms with E-state index in [0.717, 1.165) is 0 Å². The van der Waals surface area contributed by atoms with Gasteiger partial charge in [0.25, 0.3) is 0 Å². The molecule has 1 heterocycles. The number of carbonyl (C=O) groups excluding carboxylic acids is 1. The van der Waals surface area contributed by atoms with Gasteiger partial charge in [-0.25, -0.2) is 0 Å². The molecule has 2 atom stereocenters. The largest absolute Gasteiger partial charge is 1.00 e. The van der Waals surface area contributed by atoms with Crippen molar-refractivity contribution in [1.82, 2.24) is 0 Å². The Hall–Kier alpha value is 0.0274. The van der Waals surface area contributed by atoms with Crippen molar-refractivity contribution in [2.24, 2.45) is 0 Å². The molecule has 0 aromatic carbocycles. The van der Waals surface area contributed by atoms with Crippen molar-refractivity contribution in [3.8, 4) is 0 Å². The second-order valence-corrected chi connectivity index (χ2v) is 1.99. The van der Waals surface area contributed by atoms with Crippen molar-refractivity contribution < 1.29 is 33.5 Å². The van der Waals surface area contributed by atoms with E-state index in [-0.39, 0.29) is 25.0 Å². The van der Waals surface area contributed by atoms with Gasteiger partial charge in [-0.15, -0.1) is 0 Å². The normalized spacial score (nSPS) is 32.1. The van der Waals surface area contributed by atoms with Crippen LogP contribution in [0.2, 0.25) is 0 Å². The minimum Gasteiger partial charge on any atom is -0.547 e. The zero-order valence-electron chi connectivity index (χ0n) is 5.59. The summed E-state index contributed by atoms with van der Waals surface area (Å²) in [5.74, 6) is -1.09. The van der Waals surface area contributed by atoms with Crippen LogP contribution in [0.1, 0.15) is 13.3 Å². The fraction of sp³-hybridized carbons (Fsp3) is 0.800. The van der Waals surface area contributed by atoms with Crippen LogP contribution in [-0.4, -0.2) is 18.2 Å². The third-order valence-electron chi connectivity index (χ3n) is 1.21. The Kier molecular flexibility index (Phi) is 3.27. The van der Waals surface area contributed by atoms with Gasteiger partial charge in [0.2, 0.25) is 0 Å². The topological polar surface area (TPSA) is 49.4 Å². The summed E-state index contributed by atoms with van der Waals surface area (Å²) in [6.07, 6.45) is 0.0744. The Bertz CT molecular complexity index is 109. The molecule has 0 saturated carbocycles.